The number of benzene rings is 1. The van der Waals surface area contributed by atoms with Gasteiger partial charge < -0.3 is 4.74 Å². The number of ether oxygens (including phenoxy) is 1. The highest BCUT2D eigenvalue weighted by Crippen LogP contribution is 2.78. The molecule has 1 unspecified atom stereocenters. The van der Waals surface area contributed by atoms with Crippen molar-refractivity contribution in [2.75, 3.05) is 7.11 Å². The predicted molar refractivity (Wildman–Crippen MR) is 66.7 cm³/mol. The van der Waals surface area contributed by atoms with Crippen molar-refractivity contribution in [3.8, 4) is 6.07 Å². The molecule has 0 aliphatic heterocycles. The standard InChI is InChI=1S/C14H12BNO2/c1-18-12(17)10-3-2-9(15)6-11(10)14(8-16)7-13(14)4-5-13/h2-3,6H,4-5,7H2,1H3. The zero-order chi connectivity index (χ0) is 13.0. The molecule has 2 radical (unpaired) electrons. The summed E-state index contributed by atoms with van der Waals surface area (Å²) in [6.45, 7) is 0. The number of hydrogen-bond donors (Lipinski definition) is 0. The third-order valence-electron chi connectivity index (χ3n) is 4.34. The van der Waals surface area contributed by atoms with Crippen LogP contribution >= 0.6 is 0 Å². The molecule has 3 rings (SSSR count). The van der Waals surface area contributed by atoms with Crippen LogP contribution in [0.25, 0.3) is 0 Å². The maximum Gasteiger partial charge on any atom is 0.338 e. The molecule has 0 aromatic heterocycles. The number of methoxy groups -OCH3 is 1. The molecule has 0 N–H and O–H groups in total. The third kappa shape index (κ3) is 1.28. The second-order valence-electron chi connectivity index (χ2n) is 5.27. The van der Waals surface area contributed by atoms with Crippen LogP contribution < -0.4 is 5.46 Å². The molecule has 2 saturated carbocycles. The van der Waals surface area contributed by atoms with Crippen LogP contribution in [-0.2, 0) is 10.2 Å². The Morgan fingerprint density at radius 2 is 2.22 bits per heavy atom. The lowest BCUT2D eigenvalue weighted by molar-refractivity contribution is 0.0599. The molecule has 0 heterocycles. The fourth-order valence-electron chi connectivity index (χ4n) is 3.02. The minimum atomic E-state index is -0.522. The quantitative estimate of drug-likeness (QED) is 0.573. The monoisotopic (exact) mass is 237 g/mol. The van der Waals surface area contributed by atoms with E-state index in [9.17, 15) is 10.1 Å². The van der Waals surface area contributed by atoms with Gasteiger partial charge in [-0.05, 0) is 36.3 Å². The molecule has 0 saturated heterocycles. The van der Waals surface area contributed by atoms with Gasteiger partial charge in [0.2, 0.25) is 0 Å². The second kappa shape index (κ2) is 3.38. The highest BCUT2D eigenvalue weighted by atomic mass is 16.5. The number of esters is 1. The summed E-state index contributed by atoms with van der Waals surface area (Å²) < 4.78 is 4.78. The molecule has 1 spiro atoms. The average molecular weight is 237 g/mol. The average Bonchev–Trinajstić information content (AvgIpc) is 3.28. The van der Waals surface area contributed by atoms with Crippen LogP contribution in [0.5, 0.6) is 0 Å². The van der Waals surface area contributed by atoms with Crippen LogP contribution in [0, 0.1) is 16.7 Å². The van der Waals surface area contributed by atoms with Gasteiger partial charge in [0, 0.05) is 0 Å². The van der Waals surface area contributed by atoms with Gasteiger partial charge in [-0.2, -0.15) is 5.26 Å². The smallest absolute Gasteiger partial charge is 0.338 e. The first kappa shape index (κ1) is 11.3. The first-order valence-electron chi connectivity index (χ1n) is 5.98. The van der Waals surface area contributed by atoms with Crippen molar-refractivity contribution < 1.29 is 9.53 Å². The maximum absolute atomic E-state index is 11.8. The number of hydrogen-bond acceptors (Lipinski definition) is 3. The number of nitrogens with zero attached hydrogens (tertiary/aromatic N) is 1. The molecule has 88 valence electrons. The minimum absolute atomic E-state index is 0.109. The Morgan fingerprint density at radius 3 is 2.72 bits per heavy atom. The lowest BCUT2D eigenvalue weighted by Gasteiger charge is -2.14. The van der Waals surface area contributed by atoms with Crippen LogP contribution in [0.2, 0.25) is 0 Å². The van der Waals surface area contributed by atoms with Crippen molar-refractivity contribution >= 4 is 19.3 Å². The van der Waals surface area contributed by atoms with E-state index in [4.69, 9.17) is 12.6 Å². The minimum Gasteiger partial charge on any atom is -0.465 e. The number of carbonyl (C=O) groups excluding carboxylic acids is 1. The van der Waals surface area contributed by atoms with E-state index in [1.165, 1.54) is 7.11 Å². The SMILES string of the molecule is [B]c1ccc(C(=O)OC)c(C2(C#N)CC23CC3)c1. The summed E-state index contributed by atoms with van der Waals surface area (Å²) in [4.78, 5) is 11.8. The molecule has 1 aromatic carbocycles. The Bertz CT molecular complexity index is 586. The molecule has 2 aliphatic carbocycles. The van der Waals surface area contributed by atoms with E-state index < -0.39 is 11.4 Å². The number of nitriles is 1. The van der Waals surface area contributed by atoms with Gasteiger partial charge in [-0.25, -0.2) is 4.79 Å². The lowest BCUT2D eigenvalue weighted by Crippen LogP contribution is -2.19. The Kier molecular flexibility index (Phi) is 2.13. The van der Waals surface area contributed by atoms with Crippen LogP contribution in [-0.4, -0.2) is 20.9 Å². The van der Waals surface area contributed by atoms with Crippen molar-refractivity contribution in [2.45, 2.75) is 24.7 Å². The highest BCUT2D eigenvalue weighted by Gasteiger charge is 2.76. The Hall–Kier alpha value is -1.76. The van der Waals surface area contributed by atoms with Crippen molar-refractivity contribution in [1.29, 1.82) is 5.26 Å². The van der Waals surface area contributed by atoms with Gasteiger partial charge in [-0.1, -0.05) is 17.6 Å². The summed E-state index contributed by atoms with van der Waals surface area (Å²) in [5.41, 5.74) is 1.38. The van der Waals surface area contributed by atoms with E-state index >= 15 is 0 Å². The van der Waals surface area contributed by atoms with Crippen LogP contribution in [0.1, 0.15) is 35.2 Å². The Balaban J connectivity index is 2.14. The van der Waals surface area contributed by atoms with Crippen LogP contribution in [0.15, 0.2) is 18.2 Å². The van der Waals surface area contributed by atoms with Gasteiger partial charge in [0.1, 0.15) is 7.85 Å². The summed E-state index contributed by atoms with van der Waals surface area (Å²) in [6.07, 6.45) is 2.97. The fraction of sp³-hybridized carbons (Fsp3) is 0.429. The molecule has 4 heteroatoms. The van der Waals surface area contributed by atoms with Crippen molar-refractivity contribution in [3.63, 3.8) is 0 Å². The van der Waals surface area contributed by atoms with Gasteiger partial charge >= 0.3 is 5.97 Å². The fourth-order valence-corrected chi connectivity index (χ4v) is 3.02. The van der Waals surface area contributed by atoms with E-state index in [-0.39, 0.29) is 5.41 Å². The van der Waals surface area contributed by atoms with Gasteiger partial charge in [0.05, 0.1) is 24.2 Å². The largest absolute Gasteiger partial charge is 0.465 e. The topological polar surface area (TPSA) is 50.1 Å². The van der Waals surface area contributed by atoms with E-state index in [2.05, 4.69) is 6.07 Å². The van der Waals surface area contributed by atoms with Gasteiger partial charge in [0.25, 0.3) is 0 Å². The predicted octanol–water partition coefficient (Wildman–Crippen LogP) is 1.21. The molecular formula is C14H12BNO2. The van der Waals surface area contributed by atoms with Crippen LogP contribution in [0.3, 0.4) is 0 Å². The highest BCUT2D eigenvalue weighted by molar-refractivity contribution is 6.32. The van der Waals surface area contributed by atoms with Crippen LogP contribution in [0.4, 0.5) is 0 Å². The van der Waals surface area contributed by atoms with Gasteiger partial charge in [-0.3, -0.25) is 0 Å². The Labute approximate surface area is 107 Å². The molecule has 18 heavy (non-hydrogen) atoms. The molecule has 2 aliphatic rings. The zero-order valence-electron chi connectivity index (χ0n) is 10.2. The molecule has 0 bridgehead atoms. The van der Waals surface area contributed by atoms with Crippen molar-refractivity contribution in [3.05, 3.63) is 29.3 Å². The van der Waals surface area contributed by atoms with Gasteiger partial charge in [0.15, 0.2) is 0 Å². The molecule has 0 amide bonds. The summed E-state index contributed by atoms with van der Waals surface area (Å²) in [7, 11) is 7.14. The Morgan fingerprint density at radius 1 is 1.50 bits per heavy atom. The maximum atomic E-state index is 11.8. The first-order chi connectivity index (χ1) is 8.58. The van der Waals surface area contributed by atoms with Crippen molar-refractivity contribution in [2.24, 2.45) is 5.41 Å². The van der Waals surface area contributed by atoms with E-state index in [1.807, 2.05) is 0 Å². The van der Waals surface area contributed by atoms with Crippen molar-refractivity contribution in [1.82, 2.24) is 0 Å². The van der Waals surface area contributed by atoms with Gasteiger partial charge in [-0.15, -0.1) is 0 Å². The molecule has 1 atom stereocenters. The number of rotatable bonds is 2. The summed E-state index contributed by atoms with van der Waals surface area (Å²) >= 11 is 0. The van der Waals surface area contributed by atoms with E-state index in [0.29, 0.717) is 11.0 Å². The number of carbonyl (C=O) groups is 1. The van der Waals surface area contributed by atoms with E-state index in [0.717, 1.165) is 24.8 Å². The summed E-state index contributed by atoms with van der Waals surface area (Å²) in [5, 5.41) is 9.51. The molecule has 1 aromatic rings. The third-order valence-corrected chi connectivity index (χ3v) is 4.34. The second-order valence-corrected chi connectivity index (χ2v) is 5.27. The summed E-state index contributed by atoms with van der Waals surface area (Å²) in [5.74, 6) is -0.401. The molecule has 3 nitrogen and oxygen atoms in total. The normalized spacial score (nSPS) is 26.4. The first-order valence-corrected chi connectivity index (χ1v) is 5.98. The molecular weight excluding hydrogens is 225 g/mol. The summed E-state index contributed by atoms with van der Waals surface area (Å²) in [6, 6.07) is 7.48. The lowest BCUT2D eigenvalue weighted by atomic mass is 9.84. The van der Waals surface area contributed by atoms with E-state index in [1.54, 1.807) is 18.2 Å². The molecule has 2 fully saturated rings. The zero-order valence-corrected chi connectivity index (χ0v) is 10.2.